The highest BCUT2D eigenvalue weighted by atomic mass is 35.5. The number of fused-ring (bicyclic) bond motifs is 1. The number of rotatable bonds is 6. The van der Waals surface area contributed by atoms with Crippen LogP contribution in [-0.2, 0) is 4.79 Å². The number of carbonyl (C=O) groups is 2. The summed E-state index contributed by atoms with van der Waals surface area (Å²) in [4.78, 5) is 31.3. The van der Waals surface area contributed by atoms with Crippen LogP contribution in [0.1, 0.15) is 44.0 Å². The molecular formula is C25H34ClN3O2. The van der Waals surface area contributed by atoms with Gasteiger partial charge in [-0.2, -0.15) is 0 Å². The number of benzene rings is 1. The van der Waals surface area contributed by atoms with E-state index in [1.807, 2.05) is 9.80 Å². The molecule has 5 rings (SSSR count). The standard InChI is InChI=1S/C25H34ClN3O2/c1-18(30)29(17-20-4-7-21-16-23(20)25(21,2)3)15-12-27-10-13-28(14-11-27)24(31)19-5-8-22(26)9-6-19/h4-6,8-9,21,23H,7,10-17H2,1-3H3. The van der Waals surface area contributed by atoms with E-state index in [9.17, 15) is 9.59 Å². The number of hydrogen-bond acceptors (Lipinski definition) is 3. The topological polar surface area (TPSA) is 43.9 Å². The molecule has 1 saturated carbocycles. The highest BCUT2D eigenvalue weighted by Gasteiger charge is 2.51. The fraction of sp³-hybridized carbons (Fsp3) is 0.600. The quantitative estimate of drug-likeness (QED) is 0.625. The first-order valence-electron chi connectivity index (χ1n) is 11.5. The predicted octanol–water partition coefficient (Wildman–Crippen LogP) is 3.94. The van der Waals surface area contributed by atoms with Crippen LogP contribution in [-0.4, -0.2) is 72.3 Å². The third kappa shape index (κ3) is 4.68. The smallest absolute Gasteiger partial charge is 0.253 e. The van der Waals surface area contributed by atoms with Crippen molar-refractivity contribution >= 4 is 23.4 Å². The Morgan fingerprint density at radius 1 is 1.13 bits per heavy atom. The van der Waals surface area contributed by atoms with Gasteiger partial charge in [-0.1, -0.05) is 37.1 Å². The Morgan fingerprint density at radius 3 is 2.39 bits per heavy atom. The van der Waals surface area contributed by atoms with Crippen molar-refractivity contribution in [2.75, 3.05) is 45.8 Å². The van der Waals surface area contributed by atoms with Crippen molar-refractivity contribution in [3.8, 4) is 0 Å². The largest absolute Gasteiger partial charge is 0.338 e. The third-order valence-electron chi connectivity index (χ3n) is 7.84. The van der Waals surface area contributed by atoms with E-state index in [0.29, 0.717) is 35.0 Å². The number of carbonyl (C=O) groups excluding carboxylic acids is 2. The van der Waals surface area contributed by atoms with Crippen molar-refractivity contribution in [3.63, 3.8) is 0 Å². The fourth-order valence-corrected chi connectivity index (χ4v) is 5.56. The first kappa shape index (κ1) is 22.3. The number of hydrogen-bond donors (Lipinski definition) is 0. The zero-order valence-electron chi connectivity index (χ0n) is 18.9. The molecule has 2 fully saturated rings. The lowest BCUT2D eigenvalue weighted by atomic mass is 9.49. The average molecular weight is 444 g/mol. The number of halogens is 1. The number of amides is 2. The molecule has 2 unspecified atom stereocenters. The molecule has 3 aliphatic carbocycles. The lowest BCUT2D eigenvalue weighted by Gasteiger charge is -2.57. The van der Waals surface area contributed by atoms with E-state index in [4.69, 9.17) is 11.6 Å². The van der Waals surface area contributed by atoms with Gasteiger partial charge in [0.15, 0.2) is 0 Å². The van der Waals surface area contributed by atoms with Crippen molar-refractivity contribution in [2.45, 2.75) is 33.6 Å². The van der Waals surface area contributed by atoms with Crippen LogP contribution < -0.4 is 0 Å². The van der Waals surface area contributed by atoms with Crippen molar-refractivity contribution in [2.24, 2.45) is 17.3 Å². The van der Waals surface area contributed by atoms with E-state index in [-0.39, 0.29) is 11.8 Å². The molecule has 1 aromatic carbocycles. The molecule has 2 atom stereocenters. The lowest BCUT2D eigenvalue weighted by molar-refractivity contribution is -0.129. The van der Waals surface area contributed by atoms with E-state index in [1.165, 1.54) is 12.0 Å². The minimum Gasteiger partial charge on any atom is -0.338 e. The molecule has 5 nitrogen and oxygen atoms in total. The molecule has 0 radical (unpaired) electrons. The summed E-state index contributed by atoms with van der Waals surface area (Å²) in [5, 5.41) is 0.640. The summed E-state index contributed by atoms with van der Waals surface area (Å²) in [7, 11) is 0. The molecule has 1 aliphatic heterocycles. The molecule has 2 amide bonds. The van der Waals surface area contributed by atoms with E-state index >= 15 is 0 Å². The van der Waals surface area contributed by atoms with Gasteiger partial charge in [-0.15, -0.1) is 0 Å². The Kier molecular flexibility index (Phi) is 6.45. The van der Waals surface area contributed by atoms with Gasteiger partial charge in [-0.05, 0) is 54.4 Å². The van der Waals surface area contributed by atoms with Crippen LogP contribution >= 0.6 is 11.6 Å². The van der Waals surface area contributed by atoms with Gasteiger partial charge in [0, 0.05) is 63.3 Å². The van der Waals surface area contributed by atoms with E-state index in [2.05, 4.69) is 24.8 Å². The van der Waals surface area contributed by atoms with Crippen LogP contribution in [0.15, 0.2) is 35.9 Å². The summed E-state index contributed by atoms with van der Waals surface area (Å²) >= 11 is 5.93. The Morgan fingerprint density at radius 2 is 1.81 bits per heavy atom. The molecule has 6 heteroatoms. The average Bonchev–Trinajstić information content (AvgIpc) is 2.76. The van der Waals surface area contributed by atoms with Crippen LogP contribution in [0, 0.1) is 17.3 Å². The third-order valence-corrected chi connectivity index (χ3v) is 8.09. The molecule has 2 bridgehead atoms. The monoisotopic (exact) mass is 443 g/mol. The van der Waals surface area contributed by atoms with Gasteiger partial charge in [-0.3, -0.25) is 14.5 Å². The van der Waals surface area contributed by atoms with Crippen molar-refractivity contribution < 1.29 is 9.59 Å². The van der Waals surface area contributed by atoms with Crippen LogP contribution in [0.2, 0.25) is 5.02 Å². The molecule has 0 aromatic heterocycles. The van der Waals surface area contributed by atoms with Crippen LogP contribution in [0.5, 0.6) is 0 Å². The van der Waals surface area contributed by atoms with Gasteiger partial charge >= 0.3 is 0 Å². The van der Waals surface area contributed by atoms with E-state index in [1.54, 1.807) is 31.2 Å². The Balaban J connectivity index is 1.26. The van der Waals surface area contributed by atoms with E-state index < -0.39 is 0 Å². The van der Waals surface area contributed by atoms with Crippen molar-refractivity contribution in [3.05, 3.63) is 46.5 Å². The van der Waals surface area contributed by atoms with Crippen LogP contribution in [0.4, 0.5) is 0 Å². The molecule has 0 N–H and O–H groups in total. The van der Waals surface area contributed by atoms with Crippen molar-refractivity contribution in [1.29, 1.82) is 0 Å². The summed E-state index contributed by atoms with van der Waals surface area (Å²) in [6.07, 6.45) is 4.84. The number of piperazine rings is 1. The molecular weight excluding hydrogens is 410 g/mol. The van der Waals surface area contributed by atoms with Crippen LogP contribution in [0.3, 0.4) is 0 Å². The molecule has 1 heterocycles. The second kappa shape index (κ2) is 8.95. The van der Waals surface area contributed by atoms with Crippen LogP contribution in [0.25, 0.3) is 0 Å². The molecule has 1 saturated heterocycles. The SMILES string of the molecule is CC(=O)N(CCN1CCN(C(=O)c2ccc(Cl)cc2)CC1)CC1=CCC2CC1C2(C)C. The van der Waals surface area contributed by atoms with Gasteiger partial charge in [0.05, 0.1) is 0 Å². The zero-order valence-corrected chi connectivity index (χ0v) is 19.7. The summed E-state index contributed by atoms with van der Waals surface area (Å²) < 4.78 is 0. The van der Waals surface area contributed by atoms with E-state index in [0.717, 1.165) is 45.1 Å². The minimum atomic E-state index is 0.0623. The molecule has 0 spiro atoms. The van der Waals surface area contributed by atoms with Gasteiger partial charge < -0.3 is 9.80 Å². The van der Waals surface area contributed by atoms with Gasteiger partial charge in [0.25, 0.3) is 5.91 Å². The summed E-state index contributed by atoms with van der Waals surface area (Å²) in [5.74, 6) is 1.67. The maximum Gasteiger partial charge on any atom is 0.253 e. The normalized spacial score (nSPS) is 24.9. The van der Waals surface area contributed by atoms with Gasteiger partial charge in [0.1, 0.15) is 0 Å². The van der Waals surface area contributed by atoms with Gasteiger partial charge in [0.2, 0.25) is 5.91 Å². The first-order chi connectivity index (χ1) is 14.8. The summed E-state index contributed by atoms with van der Waals surface area (Å²) in [6.45, 7) is 11.9. The lowest BCUT2D eigenvalue weighted by Crippen LogP contribution is -2.52. The molecule has 4 aliphatic rings. The predicted molar refractivity (Wildman–Crippen MR) is 124 cm³/mol. The molecule has 31 heavy (non-hydrogen) atoms. The number of nitrogens with zero attached hydrogens (tertiary/aromatic N) is 3. The molecule has 1 aromatic rings. The first-order valence-corrected chi connectivity index (χ1v) is 11.8. The minimum absolute atomic E-state index is 0.0623. The zero-order chi connectivity index (χ0) is 22.2. The molecule has 168 valence electrons. The second-order valence-corrected chi connectivity index (χ2v) is 10.3. The van der Waals surface area contributed by atoms with Crippen molar-refractivity contribution in [1.82, 2.24) is 14.7 Å². The Labute approximate surface area is 191 Å². The Bertz CT molecular complexity index is 856. The summed E-state index contributed by atoms with van der Waals surface area (Å²) in [6, 6.07) is 7.09. The Hall–Kier alpha value is -1.85. The fourth-order valence-electron chi connectivity index (χ4n) is 5.44. The highest BCUT2D eigenvalue weighted by Crippen LogP contribution is 2.59. The highest BCUT2D eigenvalue weighted by molar-refractivity contribution is 6.30. The second-order valence-electron chi connectivity index (χ2n) is 9.90. The maximum atomic E-state index is 12.7. The summed E-state index contributed by atoms with van der Waals surface area (Å²) in [5.41, 5.74) is 2.53. The van der Waals surface area contributed by atoms with Gasteiger partial charge in [-0.25, -0.2) is 0 Å². The number of allylic oxidation sites excluding steroid dienone is 1. The maximum absolute atomic E-state index is 12.7.